The van der Waals surface area contributed by atoms with Crippen molar-refractivity contribution in [1.29, 1.82) is 0 Å². The normalized spacial score (nSPS) is 12.0. The lowest BCUT2D eigenvalue weighted by atomic mass is 9.96. The van der Waals surface area contributed by atoms with E-state index in [1.54, 1.807) is 18.5 Å². The van der Waals surface area contributed by atoms with E-state index in [9.17, 15) is 4.79 Å². The molecular formula is C18H18ClN5O. The standard InChI is InChI=1S/C18H18ClN5O/c1-18(2,3)17-20-10-12(11-21-17)22-15(25)8-7-13-16(19)23-14-6-4-5-9-24(13)14/h4-11H,1-3H3,(H,22,25)/b8-7+. The molecule has 0 fully saturated rings. The Kier molecular flexibility index (Phi) is 4.55. The van der Waals surface area contributed by atoms with Gasteiger partial charge in [-0.05, 0) is 18.2 Å². The molecule has 0 saturated carbocycles. The van der Waals surface area contributed by atoms with Crippen molar-refractivity contribution in [3.8, 4) is 0 Å². The van der Waals surface area contributed by atoms with E-state index in [1.807, 2.05) is 49.6 Å². The van der Waals surface area contributed by atoms with Crippen molar-refractivity contribution >= 4 is 34.9 Å². The number of imidazole rings is 1. The van der Waals surface area contributed by atoms with Crippen LogP contribution in [0.25, 0.3) is 11.7 Å². The highest BCUT2D eigenvalue weighted by atomic mass is 35.5. The van der Waals surface area contributed by atoms with Gasteiger partial charge in [0.15, 0.2) is 5.15 Å². The summed E-state index contributed by atoms with van der Waals surface area (Å²) in [5, 5.41) is 3.07. The quantitative estimate of drug-likeness (QED) is 0.726. The average molecular weight is 356 g/mol. The monoisotopic (exact) mass is 355 g/mol. The van der Waals surface area contributed by atoms with Crippen molar-refractivity contribution < 1.29 is 4.79 Å². The number of hydrogen-bond acceptors (Lipinski definition) is 4. The molecule has 128 valence electrons. The smallest absolute Gasteiger partial charge is 0.248 e. The van der Waals surface area contributed by atoms with Crippen molar-refractivity contribution in [2.24, 2.45) is 0 Å². The van der Waals surface area contributed by atoms with Gasteiger partial charge in [-0.1, -0.05) is 38.4 Å². The zero-order valence-electron chi connectivity index (χ0n) is 14.2. The van der Waals surface area contributed by atoms with Gasteiger partial charge in [-0.15, -0.1) is 0 Å². The molecule has 0 aliphatic heterocycles. The maximum atomic E-state index is 12.1. The van der Waals surface area contributed by atoms with Gasteiger partial charge in [-0.2, -0.15) is 0 Å². The number of halogens is 1. The van der Waals surface area contributed by atoms with E-state index in [2.05, 4.69) is 20.3 Å². The number of carbonyl (C=O) groups is 1. The summed E-state index contributed by atoms with van der Waals surface area (Å²) in [6, 6.07) is 5.59. The van der Waals surface area contributed by atoms with E-state index in [1.165, 1.54) is 6.08 Å². The summed E-state index contributed by atoms with van der Waals surface area (Å²) < 4.78 is 1.81. The Morgan fingerprint density at radius 2 is 1.96 bits per heavy atom. The fourth-order valence-electron chi connectivity index (χ4n) is 2.25. The second-order valence-corrected chi connectivity index (χ2v) is 6.94. The zero-order chi connectivity index (χ0) is 18.0. The average Bonchev–Trinajstić information content (AvgIpc) is 2.88. The lowest BCUT2D eigenvalue weighted by Crippen LogP contribution is -2.16. The van der Waals surface area contributed by atoms with Crippen molar-refractivity contribution in [2.45, 2.75) is 26.2 Å². The molecule has 0 aliphatic rings. The molecule has 0 aromatic carbocycles. The highest BCUT2D eigenvalue weighted by molar-refractivity contribution is 6.31. The van der Waals surface area contributed by atoms with Crippen LogP contribution in [0.2, 0.25) is 5.15 Å². The first-order valence-electron chi connectivity index (χ1n) is 7.79. The number of fused-ring (bicyclic) bond motifs is 1. The number of nitrogens with zero attached hydrogens (tertiary/aromatic N) is 4. The van der Waals surface area contributed by atoms with Crippen LogP contribution in [0, 0.1) is 0 Å². The number of rotatable bonds is 3. The Morgan fingerprint density at radius 3 is 2.64 bits per heavy atom. The molecular weight excluding hydrogens is 338 g/mol. The van der Waals surface area contributed by atoms with Gasteiger partial charge in [0.25, 0.3) is 0 Å². The number of anilines is 1. The molecule has 1 N–H and O–H groups in total. The largest absolute Gasteiger partial charge is 0.320 e. The summed E-state index contributed by atoms with van der Waals surface area (Å²) in [6.45, 7) is 6.09. The highest BCUT2D eigenvalue weighted by Gasteiger charge is 2.16. The van der Waals surface area contributed by atoms with Gasteiger partial charge in [-0.25, -0.2) is 15.0 Å². The number of nitrogens with one attached hydrogen (secondary N) is 1. The van der Waals surface area contributed by atoms with E-state index in [0.29, 0.717) is 16.5 Å². The molecule has 3 aromatic heterocycles. The molecule has 0 atom stereocenters. The van der Waals surface area contributed by atoms with Crippen molar-refractivity contribution in [1.82, 2.24) is 19.4 Å². The van der Waals surface area contributed by atoms with E-state index < -0.39 is 0 Å². The summed E-state index contributed by atoms with van der Waals surface area (Å²) in [7, 11) is 0. The molecule has 3 heterocycles. The molecule has 3 aromatic rings. The Bertz CT molecular complexity index is 938. The third kappa shape index (κ3) is 3.85. The molecule has 0 saturated heterocycles. The second-order valence-electron chi connectivity index (χ2n) is 6.58. The summed E-state index contributed by atoms with van der Waals surface area (Å²) in [5.41, 5.74) is 1.76. The Hall–Kier alpha value is -2.73. The van der Waals surface area contributed by atoms with Crippen LogP contribution in [-0.2, 0) is 10.2 Å². The maximum absolute atomic E-state index is 12.1. The maximum Gasteiger partial charge on any atom is 0.248 e. The predicted molar refractivity (Wildman–Crippen MR) is 98.6 cm³/mol. The fourth-order valence-corrected chi connectivity index (χ4v) is 2.49. The topological polar surface area (TPSA) is 72.2 Å². The molecule has 0 spiro atoms. The molecule has 0 radical (unpaired) electrons. The van der Waals surface area contributed by atoms with Crippen LogP contribution in [0.5, 0.6) is 0 Å². The number of carbonyl (C=O) groups excluding carboxylic acids is 1. The Balaban J connectivity index is 1.74. The molecule has 3 rings (SSSR count). The molecule has 7 heteroatoms. The molecule has 0 bridgehead atoms. The molecule has 0 aliphatic carbocycles. The van der Waals surface area contributed by atoms with Gasteiger partial charge in [0.1, 0.15) is 11.5 Å². The predicted octanol–water partition coefficient (Wildman–Crippen LogP) is 3.73. The summed E-state index contributed by atoms with van der Waals surface area (Å²) in [6.07, 6.45) is 8.06. The Labute approximate surface area is 150 Å². The lowest BCUT2D eigenvalue weighted by Gasteiger charge is -2.15. The molecule has 6 nitrogen and oxygen atoms in total. The van der Waals surface area contributed by atoms with Crippen LogP contribution in [0.1, 0.15) is 32.3 Å². The lowest BCUT2D eigenvalue weighted by molar-refractivity contribution is -0.111. The first kappa shape index (κ1) is 17.1. The van der Waals surface area contributed by atoms with E-state index >= 15 is 0 Å². The van der Waals surface area contributed by atoms with Gasteiger partial charge in [0, 0.05) is 17.7 Å². The van der Waals surface area contributed by atoms with Gasteiger partial charge in [0.2, 0.25) is 5.91 Å². The minimum Gasteiger partial charge on any atom is -0.320 e. The number of aromatic nitrogens is 4. The molecule has 1 amide bonds. The van der Waals surface area contributed by atoms with Gasteiger partial charge in [-0.3, -0.25) is 9.20 Å². The van der Waals surface area contributed by atoms with E-state index in [4.69, 9.17) is 11.6 Å². The van der Waals surface area contributed by atoms with E-state index in [0.717, 1.165) is 11.5 Å². The van der Waals surface area contributed by atoms with Gasteiger partial charge < -0.3 is 5.32 Å². The van der Waals surface area contributed by atoms with Crippen molar-refractivity contribution in [3.05, 3.63) is 59.5 Å². The number of amides is 1. The Morgan fingerprint density at radius 1 is 1.24 bits per heavy atom. The van der Waals surface area contributed by atoms with Crippen molar-refractivity contribution in [2.75, 3.05) is 5.32 Å². The first-order valence-corrected chi connectivity index (χ1v) is 8.16. The second kappa shape index (κ2) is 6.64. The van der Waals surface area contributed by atoms with Crippen LogP contribution in [0.15, 0.2) is 42.9 Å². The summed E-state index contributed by atoms with van der Waals surface area (Å²) in [5.74, 6) is 0.424. The fraction of sp³-hybridized carbons (Fsp3) is 0.222. The van der Waals surface area contributed by atoms with Gasteiger partial charge in [0.05, 0.1) is 23.8 Å². The van der Waals surface area contributed by atoms with E-state index in [-0.39, 0.29) is 11.3 Å². The number of hydrogen-bond donors (Lipinski definition) is 1. The van der Waals surface area contributed by atoms with Crippen LogP contribution in [0.4, 0.5) is 5.69 Å². The van der Waals surface area contributed by atoms with Crippen molar-refractivity contribution in [3.63, 3.8) is 0 Å². The molecule has 0 unspecified atom stereocenters. The van der Waals surface area contributed by atoms with Gasteiger partial charge >= 0.3 is 0 Å². The third-order valence-electron chi connectivity index (χ3n) is 3.50. The summed E-state index contributed by atoms with van der Waals surface area (Å²) >= 11 is 6.14. The SMILES string of the molecule is CC(C)(C)c1ncc(NC(=O)/C=C/c2c(Cl)nc3ccccn23)cn1. The number of pyridine rings is 1. The van der Waals surface area contributed by atoms with Crippen LogP contribution in [-0.4, -0.2) is 25.3 Å². The summed E-state index contributed by atoms with van der Waals surface area (Å²) in [4.78, 5) is 24.9. The van der Waals surface area contributed by atoms with Crippen LogP contribution < -0.4 is 5.32 Å². The third-order valence-corrected chi connectivity index (χ3v) is 3.78. The minimum atomic E-state index is -0.297. The first-order chi connectivity index (χ1) is 11.8. The van der Waals surface area contributed by atoms with Crippen LogP contribution in [0.3, 0.4) is 0 Å². The highest BCUT2D eigenvalue weighted by Crippen LogP contribution is 2.20. The van der Waals surface area contributed by atoms with Crippen LogP contribution >= 0.6 is 11.6 Å². The minimum absolute atomic E-state index is 0.137. The zero-order valence-corrected chi connectivity index (χ0v) is 14.9. The molecule has 25 heavy (non-hydrogen) atoms.